The molecule has 5 heteroatoms. The molecule has 0 radical (unpaired) electrons. The number of aromatic nitrogens is 2. The molecule has 0 bridgehead atoms. The van der Waals surface area contributed by atoms with E-state index in [9.17, 15) is 8.42 Å². The minimum absolute atomic E-state index is 0.285. The number of nitrogens with zero attached hydrogens (tertiary/aromatic N) is 2. The van der Waals surface area contributed by atoms with Crippen molar-refractivity contribution >= 4 is 64.0 Å². The van der Waals surface area contributed by atoms with Gasteiger partial charge < -0.3 is 0 Å². The standard InChI is InChI=1S/C53H32N2O2S/c56-58(57)48-18-8-7-17-47(48)55-52-46(16-9-19-49(52)58)54-53(55)36-24-20-35(21-25-36)39-28-29-44-45(32-39)51(41-27-23-34-11-2-4-13-38(34)31-41)43-15-6-5-14-42(43)50(44)40-26-22-33-10-1-3-12-37(33)30-40/h1-32H. The lowest BCUT2D eigenvalue weighted by molar-refractivity contribution is 0.594. The molecule has 4 nitrogen and oxygen atoms in total. The van der Waals surface area contributed by atoms with Crippen molar-refractivity contribution in [3.8, 4) is 50.5 Å². The highest BCUT2D eigenvalue weighted by Crippen LogP contribution is 2.46. The fourth-order valence-corrected chi connectivity index (χ4v) is 10.8. The highest BCUT2D eigenvalue weighted by molar-refractivity contribution is 7.92. The first-order valence-corrected chi connectivity index (χ1v) is 20.9. The molecule has 0 unspecified atom stereocenters. The van der Waals surface area contributed by atoms with Gasteiger partial charge in [0, 0.05) is 5.56 Å². The summed E-state index contributed by atoms with van der Waals surface area (Å²) in [7, 11) is -3.68. The molecule has 1 aromatic heterocycles. The highest BCUT2D eigenvalue weighted by Gasteiger charge is 2.33. The minimum atomic E-state index is -3.68. The molecule has 0 spiro atoms. The third-order valence-electron chi connectivity index (χ3n) is 11.9. The van der Waals surface area contributed by atoms with Gasteiger partial charge in [-0.2, -0.15) is 0 Å². The quantitative estimate of drug-likeness (QED) is 0.168. The molecule has 0 saturated heterocycles. The zero-order valence-electron chi connectivity index (χ0n) is 31.1. The summed E-state index contributed by atoms with van der Waals surface area (Å²) in [6, 6.07) is 67.5. The van der Waals surface area contributed by atoms with Gasteiger partial charge in [-0.3, -0.25) is 4.57 Å². The van der Waals surface area contributed by atoms with Crippen LogP contribution in [0.4, 0.5) is 0 Å². The first kappa shape index (κ1) is 32.9. The molecule has 0 fully saturated rings. The number of benzene rings is 10. The SMILES string of the molecule is O=S1(=O)c2ccccc2-n2c(-c3ccc(-c4ccc5c(-c6ccc7ccccc7c6)c6ccccc6c(-c6ccc7ccccc7c6)c5c4)cc3)nc3cccc1c32. The lowest BCUT2D eigenvalue weighted by Gasteiger charge is -2.20. The molecule has 0 aliphatic carbocycles. The van der Waals surface area contributed by atoms with E-state index in [-0.39, 0.29) is 4.90 Å². The van der Waals surface area contributed by atoms with Gasteiger partial charge in [-0.25, -0.2) is 13.4 Å². The van der Waals surface area contributed by atoms with E-state index < -0.39 is 9.84 Å². The monoisotopic (exact) mass is 760 g/mol. The zero-order chi connectivity index (χ0) is 38.5. The van der Waals surface area contributed by atoms with Crippen molar-refractivity contribution in [3.05, 3.63) is 194 Å². The first-order valence-electron chi connectivity index (χ1n) is 19.4. The van der Waals surface area contributed by atoms with Gasteiger partial charge >= 0.3 is 0 Å². The molecule has 10 aromatic carbocycles. The predicted octanol–water partition coefficient (Wildman–Crippen LogP) is 13.5. The second-order valence-corrected chi connectivity index (χ2v) is 17.0. The summed E-state index contributed by atoms with van der Waals surface area (Å²) in [6.07, 6.45) is 0. The first-order chi connectivity index (χ1) is 28.5. The predicted molar refractivity (Wildman–Crippen MR) is 238 cm³/mol. The van der Waals surface area contributed by atoms with Crippen LogP contribution in [0.25, 0.3) is 105 Å². The normalized spacial score (nSPS) is 13.1. The van der Waals surface area contributed by atoms with Gasteiger partial charge in [0.05, 0.1) is 26.5 Å². The van der Waals surface area contributed by atoms with E-state index in [1.54, 1.807) is 24.3 Å². The fourth-order valence-electron chi connectivity index (χ4n) is 9.21. The van der Waals surface area contributed by atoms with Gasteiger partial charge in [0.2, 0.25) is 9.84 Å². The van der Waals surface area contributed by atoms with Crippen LogP contribution < -0.4 is 0 Å². The van der Waals surface area contributed by atoms with Crippen molar-refractivity contribution in [3.63, 3.8) is 0 Å². The van der Waals surface area contributed by atoms with Crippen LogP contribution in [0.2, 0.25) is 0 Å². The highest BCUT2D eigenvalue weighted by atomic mass is 32.2. The summed E-state index contributed by atoms with van der Waals surface area (Å²) >= 11 is 0. The van der Waals surface area contributed by atoms with E-state index in [1.807, 2.05) is 22.8 Å². The Morgan fingerprint density at radius 3 is 1.59 bits per heavy atom. The number of fused-ring (bicyclic) bond motifs is 6. The minimum Gasteiger partial charge on any atom is -0.290 e. The molecule has 2 heterocycles. The van der Waals surface area contributed by atoms with E-state index in [0.29, 0.717) is 27.4 Å². The summed E-state index contributed by atoms with van der Waals surface area (Å²) in [5, 5.41) is 9.68. The van der Waals surface area contributed by atoms with Crippen molar-refractivity contribution in [2.45, 2.75) is 9.79 Å². The number of sulfone groups is 1. The second-order valence-electron chi connectivity index (χ2n) is 15.1. The van der Waals surface area contributed by atoms with Crippen LogP contribution in [0, 0.1) is 0 Å². The fraction of sp³-hybridized carbons (Fsp3) is 0. The zero-order valence-corrected chi connectivity index (χ0v) is 31.9. The molecule has 1 aliphatic rings. The Morgan fingerprint density at radius 1 is 0.379 bits per heavy atom. The van der Waals surface area contributed by atoms with Crippen molar-refractivity contribution in [1.29, 1.82) is 0 Å². The average molecular weight is 761 g/mol. The third kappa shape index (κ3) is 4.81. The molecule has 58 heavy (non-hydrogen) atoms. The topological polar surface area (TPSA) is 52.0 Å². The molecule has 0 amide bonds. The van der Waals surface area contributed by atoms with E-state index in [2.05, 4.69) is 152 Å². The number of imidazole rings is 1. The van der Waals surface area contributed by atoms with Gasteiger partial charge in [-0.15, -0.1) is 0 Å². The second kappa shape index (κ2) is 12.3. The van der Waals surface area contributed by atoms with Crippen molar-refractivity contribution in [1.82, 2.24) is 9.55 Å². The van der Waals surface area contributed by atoms with Crippen molar-refractivity contribution in [2.75, 3.05) is 0 Å². The van der Waals surface area contributed by atoms with Crippen LogP contribution in [0.1, 0.15) is 0 Å². The largest absolute Gasteiger partial charge is 0.290 e. The molecule has 0 N–H and O–H groups in total. The maximum atomic E-state index is 13.7. The average Bonchev–Trinajstić information content (AvgIpc) is 3.67. The third-order valence-corrected chi connectivity index (χ3v) is 13.7. The van der Waals surface area contributed by atoms with Gasteiger partial charge in [0.25, 0.3) is 0 Å². The number of para-hydroxylation sites is 2. The molecule has 1 aliphatic heterocycles. The number of rotatable bonds is 4. The Bertz CT molecular complexity index is 3640. The molecule has 272 valence electrons. The van der Waals surface area contributed by atoms with Gasteiger partial charge in [0.1, 0.15) is 5.82 Å². The molecular weight excluding hydrogens is 729 g/mol. The Morgan fingerprint density at radius 2 is 0.897 bits per heavy atom. The van der Waals surface area contributed by atoms with Gasteiger partial charge in [-0.1, -0.05) is 152 Å². The molecule has 11 aromatic rings. The Hall–Kier alpha value is -7.34. The number of hydrogen-bond acceptors (Lipinski definition) is 3. The maximum Gasteiger partial charge on any atom is 0.210 e. The summed E-state index contributed by atoms with van der Waals surface area (Å²) in [4.78, 5) is 5.59. The lowest BCUT2D eigenvalue weighted by atomic mass is 9.84. The Kier molecular flexibility index (Phi) is 6.98. The van der Waals surface area contributed by atoms with Crippen LogP contribution in [-0.2, 0) is 9.84 Å². The van der Waals surface area contributed by atoms with Crippen LogP contribution >= 0.6 is 0 Å². The van der Waals surface area contributed by atoms with E-state index in [0.717, 1.165) is 16.7 Å². The Labute approximate surface area is 334 Å². The molecule has 0 saturated carbocycles. The molecule has 0 atom stereocenters. The Balaban J connectivity index is 1.07. The maximum absolute atomic E-state index is 13.7. The number of hydrogen-bond donors (Lipinski definition) is 0. The summed E-state index contributed by atoms with van der Waals surface area (Å²) in [6.45, 7) is 0. The summed E-state index contributed by atoms with van der Waals surface area (Å²) in [5.41, 5.74) is 9.79. The summed E-state index contributed by atoms with van der Waals surface area (Å²) in [5.74, 6) is 0.708. The van der Waals surface area contributed by atoms with Gasteiger partial charge in [0.15, 0.2) is 0 Å². The molecule has 12 rings (SSSR count). The van der Waals surface area contributed by atoms with E-state index in [4.69, 9.17) is 4.98 Å². The van der Waals surface area contributed by atoms with Crippen molar-refractivity contribution < 1.29 is 8.42 Å². The van der Waals surface area contributed by atoms with Crippen LogP contribution in [0.3, 0.4) is 0 Å². The van der Waals surface area contributed by atoms with E-state index in [1.165, 1.54) is 65.3 Å². The van der Waals surface area contributed by atoms with Crippen molar-refractivity contribution in [2.24, 2.45) is 0 Å². The van der Waals surface area contributed by atoms with Crippen LogP contribution in [0.15, 0.2) is 204 Å². The van der Waals surface area contributed by atoms with Crippen LogP contribution in [0.5, 0.6) is 0 Å². The van der Waals surface area contributed by atoms with Gasteiger partial charge in [-0.05, 0) is 119 Å². The molecular formula is C53H32N2O2S. The lowest BCUT2D eigenvalue weighted by Crippen LogP contribution is -2.14. The van der Waals surface area contributed by atoms with E-state index >= 15 is 0 Å². The smallest absolute Gasteiger partial charge is 0.210 e. The van der Waals surface area contributed by atoms with Crippen LogP contribution in [-0.4, -0.2) is 18.0 Å². The summed E-state index contributed by atoms with van der Waals surface area (Å²) < 4.78 is 29.4.